The highest BCUT2D eigenvalue weighted by Gasteiger charge is 2.10. The highest BCUT2D eigenvalue weighted by molar-refractivity contribution is 7.80. The Morgan fingerprint density at radius 2 is 1.85 bits per heavy atom. The van der Waals surface area contributed by atoms with E-state index in [0.29, 0.717) is 17.0 Å². The summed E-state index contributed by atoms with van der Waals surface area (Å²) in [6, 6.07) is 11.3. The number of rotatable bonds is 3. The van der Waals surface area contributed by atoms with Gasteiger partial charge in [-0.15, -0.1) is 0 Å². The zero-order chi connectivity index (χ0) is 18.8. The molecule has 0 amide bonds. The number of anilines is 2. The number of hydrogen-bond acceptors (Lipinski definition) is 5. The second-order valence-corrected chi connectivity index (χ2v) is 6.20. The quantitative estimate of drug-likeness (QED) is 0.310. The van der Waals surface area contributed by atoms with Crippen molar-refractivity contribution in [1.82, 2.24) is 0 Å². The van der Waals surface area contributed by atoms with Crippen LogP contribution in [0.3, 0.4) is 0 Å². The lowest BCUT2D eigenvalue weighted by Crippen LogP contribution is -2.19. The first-order chi connectivity index (χ1) is 12.3. The fourth-order valence-corrected chi connectivity index (χ4v) is 2.77. The van der Waals surface area contributed by atoms with Gasteiger partial charge in [0.15, 0.2) is 5.11 Å². The van der Waals surface area contributed by atoms with E-state index in [4.69, 9.17) is 16.6 Å². The van der Waals surface area contributed by atoms with Crippen molar-refractivity contribution in [3.8, 4) is 0 Å². The summed E-state index contributed by atoms with van der Waals surface area (Å²) in [6.45, 7) is 3.66. The lowest BCUT2D eigenvalue weighted by atomic mass is 10.1. The first kappa shape index (κ1) is 17.6. The van der Waals surface area contributed by atoms with Gasteiger partial charge in [-0.3, -0.25) is 10.1 Å². The van der Waals surface area contributed by atoms with Crippen LogP contribution in [0.2, 0.25) is 0 Å². The molecule has 0 aliphatic rings. The van der Waals surface area contributed by atoms with Crippen molar-refractivity contribution in [1.29, 1.82) is 0 Å². The lowest BCUT2D eigenvalue weighted by molar-refractivity contribution is -0.384. The first-order valence-electron chi connectivity index (χ1n) is 7.71. The van der Waals surface area contributed by atoms with Gasteiger partial charge >= 0.3 is 5.63 Å². The van der Waals surface area contributed by atoms with Gasteiger partial charge in [0.1, 0.15) is 5.58 Å². The molecule has 0 aliphatic carbocycles. The third-order valence-electron chi connectivity index (χ3n) is 3.89. The van der Waals surface area contributed by atoms with Crippen LogP contribution < -0.4 is 16.3 Å². The molecular weight excluding hydrogens is 354 g/mol. The van der Waals surface area contributed by atoms with Crippen molar-refractivity contribution >= 4 is 45.4 Å². The molecule has 0 atom stereocenters. The van der Waals surface area contributed by atoms with Crippen molar-refractivity contribution in [2.24, 2.45) is 0 Å². The van der Waals surface area contributed by atoms with Gasteiger partial charge in [0, 0.05) is 41.0 Å². The summed E-state index contributed by atoms with van der Waals surface area (Å²) in [5.74, 6) is 0. The maximum Gasteiger partial charge on any atom is 0.336 e. The summed E-state index contributed by atoms with van der Waals surface area (Å²) < 4.78 is 5.21. The Labute approximate surface area is 153 Å². The van der Waals surface area contributed by atoms with Gasteiger partial charge in [-0.1, -0.05) is 6.07 Å². The molecule has 3 aromatic rings. The second-order valence-electron chi connectivity index (χ2n) is 5.79. The van der Waals surface area contributed by atoms with Crippen LogP contribution in [0.5, 0.6) is 0 Å². The van der Waals surface area contributed by atoms with Crippen LogP contribution in [-0.2, 0) is 0 Å². The average molecular weight is 369 g/mol. The van der Waals surface area contributed by atoms with Crippen molar-refractivity contribution in [2.45, 2.75) is 13.8 Å². The van der Waals surface area contributed by atoms with Crippen LogP contribution in [0, 0.1) is 24.0 Å². The molecule has 0 unspecified atom stereocenters. The molecule has 8 heteroatoms. The Kier molecular flexibility index (Phi) is 4.68. The molecular formula is C18H15N3O4S. The van der Waals surface area contributed by atoms with Crippen LogP contribution in [0.15, 0.2) is 51.7 Å². The molecule has 0 fully saturated rings. The van der Waals surface area contributed by atoms with Gasteiger partial charge in [0.25, 0.3) is 5.69 Å². The standard InChI is InChI=1S/C18H15N3O4S/c1-10-3-5-13(21(23)24)9-15(10)20-18(26)19-12-4-6-14-11(2)7-17(22)25-16(14)8-12/h3-9H,1-2H3,(H2,19,20,26). The molecule has 1 heterocycles. The van der Waals surface area contributed by atoms with E-state index in [9.17, 15) is 14.9 Å². The number of nitrogens with one attached hydrogen (secondary N) is 2. The van der Waals surface area contributed by atoms with Gasteiger partial charge in [-0.25, -0.2) is 4.79 Å². The Bertz CT molecular complexity index is 1090. The Balaban J connectivity index is 1.82. The summed E-state index contributed by atoms with van der Waals surface area (Å²) in [6.07, 6.45) is 0. The minimum Gasteiger partial charge on any atom is -0.423 e. The van der Waals surface area contributed by atoms with Gasteiger partial charge in [-0.2, -0.15) is 0 Å². The number of thiocarbonyl (C=S) groups is 1. The van der Waals surface area contributed by atoms with Crippen molar-refractivity contribution in [3.05, 3.63) is 74.1 Å². The molecule has 0 radical (unpaired) electrons. The third-order valence-corrected chi connectivity index (χ3v) is 4.09. The monoisotopic (exact) mass is 369 g/mol. The summed E-state index contributed by atoms with van der Waals surface area (Å²) >= 11 is 5.28. The number of non-ortho nitro benzene ring substituents is 1. The van der Waals surface area contributed by atoms with E-state index in [0.717, 1.165) is 16.5 Å². The van der Waals surface area contributed by atoms with E-state index in [1.54, 1.807) is 12.1 Å². The summed E-state index contributed by atoms with van der Waals surface area (Å²) in [4.78, 5) is 22.0. The molecule has 1 aromatic heterocycles. The zero-order valence-electron chi connectivity index (χ0n) is 14.0. The largest absolute Gasteiger partial charge is 0.423 e. The van der Waals surface area contributed by atoms with E-state index in [1.807, 2.05) is 26.0 Å². The number of nitro groups is 1. The van der Waals surface area contributed by atoms with Crippen LogP contribution >= 0.6 is 12.2 Å². The summed E-state index contributed by atoms with van der Waals surface area (Å²) in [5.41, 5.74) is 2.83. The number of hydrogen-bond donors (Lipinski definition) is 2. The van der Waals surface area contributed by atoms with E-state index < -0.39 is 10.5 Å². The number of nitrogens with zero attached hydrogens (tertiary/aromatic N) is 1. The summed E-state index contributed by atoms with van der Waals surface area (Å²) in [5, 5.41) is 18.0. The van der Waals surface area contributed by atoms with Gasteiger partial charge < -0.3 is 15.1 Å². The predicted molar refractivity (Wildman–Crippen MR) is 105 cm³/mol. The fraction of sp³-hybridized carbons (Fsp3) is 0.111. The molecule has 2 N–H and O–H groups in total. The van der Waals surface area contributed by atoms with Gasteiger partial charge in [0.05, 0.1) is 4.92 Å². The van der Waals surface area contributed by atoms with Gasteiger partial charge in [-0.05, 0) is 49.3 Å². The molecule has 0 saturated heterocycles. The van der Waals surface area contributed by atoms with E-state index in [1.165, 1.54) is 18.2 Å². The second kappa shape index (κ2) is 6.93. The minimum atomic E-state index is -0.464. The Hall–Kier alpha value is -3.26. The van der Waals surface area contributed by atoms with Crippen LogP contribution in [-0.4, -0.2) is 10.0 Å². The number of nitro benzene ring substituents is 1. The normalized spacial score (nSPS) is 10.5. The molecule has 132 valence electrons. The zero-order valence-corrected chi connectivity index (χ0v) is 14.8. The lowest BCUT2D eigenvalue weighted by Gasteiger charge is -2.13. The van der Waals surface area contributed by atoms with Crippen LogP contribution in [0.25, 0.3) is 11.0 Å². The summed E-state index contributed by atoms with van der Waals surface area (Å²) in [7, 11) is 0. The Morgan fingerprint density at radius 1 is 1.08 bits per heavy atom. The van der Waals surface area contributed by atoms with E-state index in [2.05, 4.69) is 10.6 Å². The predicted octanol–water partition coefficient (Wildman–Crippen LogP) is 4.13. The van der Waals surface area contributed by atoms with Crippen LogP contribution in [0.4, 0.5) is 17.1 Å². The van der Waals surface area contributed by atoms with E-state index >= 15 is 0 Å². The maximum absolute atomic E-state index is 11.5. The van der Waals surface area contributed by atoms with Gasteiger partial charge in [0.2, 0.25) is 0 Å². The molecule has 2 aromatic carbocycles. The third kappa shape index (κ3) is 3.70. The Morgan fingerprint density at radius 3 is 2.58 bits per heavy atom. The molecule has 0 aliphatic heterocycles. The molecule has 0 saturated carbocycles. The first-order valence-corrected chi connectivity index (χ1v) is 8.12. The topological polar surface area (TPSA) is 97.4 Å². The van der Waals surface area contributed by atoms with Crippen molar-refractivity contribution < 1.29 is 9.34 Å². The number of fused-ring (bicyclic) bond motifs is 1. The average Bonchev–Trinajstić information content (AvgIpc) is 2.56. The SMILES string of the molecule is Cc1ccc([N+](=O)[O-])cc1NC(=S)Nc1ccc2c(C)cc(=O)oc2c1. The molecule has 0 spiro atoms. The van der Waals surface area contributed by atoms with Crippen molar-refractivity contribution in [3.63, 3.8) is 0 Å². The van der Waals surface area contributed by atoms with Crippen LogP contribution in [0.1, 0.15) is 11.1 Å². The smallest absolute Gasteiger partial charge is 0.336 e. The highest BCUT2D eigenvalue weighted by atomic mass is 32.1. The fourth-order valence-electron chi connectivity index (χ4n) is 2.55. The maximum atomic E-state index is 11.5. The van der Waals surface area contributed by atoms with Crippen molar-refractivity contribution in [2.75, 3.05) is 10.6 Å². The molecule has 7 nitrogen and oxygen atoms in total. The highest BCUT2D eigenvalue weighted by Crippen LogP contribution is 2.23. The molecule has 0 bridgehead atoms. The molecule has 26 heavy (non-hydrogen) atoms. The number of benzene rings is 2. The van der Waals surface area contributed by atoms with E-state index in [-0.39, 0.29) is 10.8 Å². The number of aryl methyl sites for hydroxylation is 2. The molecule has 3 rings (SSSR count). The minimum absolute atomic E-state index is 0.0242.